The van der Waals surface area contributed by atoms with E-state index in [0.29, 0.717) is 19.6 Å². The van der Waals surface area contributed by atoms with Crippen LogP contribution in [0.3, 0.4) is 0 Å². The van der Waals surface area contributed by atoms with Gasteiger partial charge in [-0.2, -0.15) is 4.31 Å². The number of hydrogen-bond acceptors (Lipinski definition) is 4. The Morgan fingerprint density at radius 3 is 2.90 bits per heavy atom. The van der Waals surface area contributed by atoms with Gasteiger partial charge in [-0.15, -0.1) is 11.3 Å². The first kappa shape index (κ1) is 14.7. The van der Waals surface area contributed by atoms with Gasteiger partial charge in [0.15, 0.2) is 0 Å². The molecule has 0 unspecified atom stereocenters. The predicted octanol–water partition coefficient (Wildman–Crippen LogP) is 1.25. The molecule has 0 radical (unpaired) electrons. The van der Waals surface area contributed by atoms with Crippen molar-refractivity contribution in [3.05, 3.63) is 28.5 Å². The van der Waals surface area contributed by atoms with Gasteiger partial charge in [0.1, 0.15) is 0 Å². The van der Waals surface area contributed by atoms with Crippen LogP contribution in [0.25, 0.3) is 6.08 Å². The lowest BCUT2D eigenvalue weighted by molar-refractivity contribution is -0.125. The first-order valence-corrected chi connectivity index (χ1v) is 9.65. The zero-order valence-corrected chi connectivity index (χ0v) is 13.4. The summed E-state index contributed by atoms with van der Waals surface area (Å²) < 4.78 is 25.0. The molecule has 0 saturated carbocycles. The minimum absolute atomic E-state index is 0.0359. The summed E-state index contributed by atoms with van der Waals surface area (Å²) in [5, 5.41) is 1.97. The van der Waals surface area contributed by atoms with E-state index in [1.165, 1.54) is 6.26 Å². The van der Waals surface area contributed by atoms with Crippen LogP contribution in [-0.4, -0.2) is 55.5 Å². The van der Waals surface area contributed by atoms with Gasteiger partial charge in [0, 0.05) is 36.6 Å². The van der Waals surface area contributed by atoms with Crippen molar-refractivity contribution in [2.24, 2.45) is 5.92 Å². The summed E-state index contributed by atoms with van der Waals surface area (Å²) in [6.45, 7) is 1.75. The van der Waals surface area contributed by atoms with Gasteiger partial charge in [-0.3, -0.25) is 4.79 Å². The molecule has 1 aromatic rings. The Balaban J connectivity index is 1.66. The summed E-state index contributed by atoms with van der Waals surface area (Å²) in [6, 6.07) is 3.86. The van der Waals surface area contributed by atoms with Crippen LogP contribution in [0.15, 0.2) is 23.6 Å². The van der Waals surface area contributed by atoms with E-state index < -0.39 is 10.0 Å². The molecule has 2 saturated heterocycles. The fourth-order valence-electron chi connectivity index (χ4n) is 3.16. The number of nitrogens with zero attached hydrogens (tertiary/aromatic N) is 2. The second-order valence-electron chi connectivity index (χ2n) is 5.58. The summed E-state index contributed by atoms with van der Waals surface area (Å²) >= 11 is 1.58. The second-order valence-corrected chi connectivity index (χ2v) is 8.50. The molecular formula is C14H18N2O3S2. The molecular weight excluding hydrogens is 308 g/mol. The van der Waals surface area contributed by atoms with Crippen LogP contribution < -0.4 is 0 Å². The van der Waals surface area contributed by atoms with Gasteiger partial charge < -0.3 is 4.90 Å². The first-order valence-electron chi connectivity index (χ1n) is 6.92. The van der Waals surface area contributed by atoms with Gasteiger partial charge >= 0.3 is 0 Å². The Bertz CT molecular complexity index is 652. The maximum atomic E-state index is 12.2. The molecule has 0 N–H and O–H groups in total. The van der Waals surface area contributed by atoms with Gasteiger partial charge in [0.05, 0.1) is 6.26 Å². The fraction of sp³-hybridized carbons (Fsp3) is 0.500. The Hall–Kier alpha value is -1.18. The zero-order valence-electron chi connectivity index (χ0n) is 11.8. The number of likely N-dealkylation sites (tertiary alicyclic amines) is 1. The van der Waals surface area contributed by atoms with Crippen molar-refractivity contribution in [1.82, 2.24) is 9.21 Å². The maximum absolute atomic E-state index is 12.2. The van der Waals surface area contributed by atoms with E-state index >= 15 is 0 Å². The average molecular weight is 326 g/mol. The minimum Gasteiger partial charge on any atom is -0.337 e. The van der Waals surface area contributed by atoms with Crippen molar-refractivity contribution in [3.63, 3.8) is 0 Å². The van der Waals surface area contributed by atoms with Crippen LogP contribution in [0.1, 0.15) is 11.3 Å². The number of carbonyl (C=O) groups is 1. The number of hydrogen-bond donors (Lipinski definition) is 0. The van der Waals surface area contributed by atoms with Gasteiger partial charge in [0.2, 0.25) is 15.9 Å². The van der Waals surface area contributed by atoms with Crippen molar-refractivity contribution >= 4 is 33.3 Å². The minimum atomic E-state index is -3.17. The third-order valence-corrected chi connectivity index (χ3v) is 6.31. The van der Waals surface area contributed by atoms with Crippen molar-refractivity contribution in [2.45, 2.75) is 12.5 Å². The molecule has 0 bridgehead atoms. The van der Waals surface area contributed by atoms with Crippen molar-refractivity contribution in [3.8, 4) is 0 Å². The van der Waals surface area contributed by atoms with Crippen molar-refractivity contribution in [1.29, 1.82) is 0 Å². The third kappa shape index (κ3) is 3.04. The lowest BCUT2D eigenvalue weighted by Gasteiger charge is -2.22. The maximum Gasteiger partial charge on any atom is 0.246 e. The number of fused-ring (bicyclic) bond motifs is 1. The lowest BCUT2D eigenvalue weighted by Crippen LogP contribution is -2.39. The van der Waals surface area contributed by atoms with Crippen LogP contribution in [0.4, 0.5) is 0 Å². The topological polar surface area (TPSA) is 57.7 Å². The molecule has 1 aromatic heterocycles. The normalized spacial score (nSPS) is 26.6. The molecule has 7 heteroatoms. The van der Waals surface area contributed by atoms with E-state index in [1.807, 2.05) is 23.6 Å². The Morgan fingerprint density at radius 2 is 2.24 bits per heavy atom. The summed E-state index contributed by atoms with van der Waals surface area (Å²) in [6.07, 6.45) is 5.49. The molecule has 2 atom stereocenters. The fourth-order valence-corrected chi connectivity index (χ4v) is 4.95. The molecule has 2 aliphatic heterocycles. The van der Waals surface area contributed by atoms with Crippen LogP contribution >= 0.6 is 11.3 Å². The molecule has 2 aliphatic rings. The third-order valence-electron chi connectivity index (χ3n) is 4.17. The average Bonchev–Trinajstić information content (AvgIpc) is 3.09. The van der Waals surface area contributed by atoms with Crippen LogP contribution in [-0.2, 0) is 14.8 Å². The molecule has 1 amide bonds. The van der Waals surface area contributed by atoms with Crippen LogP contribution in [0, 0.1) is 5.92 Å². The lowest BCUT2D eigenvalue weighted by atomic mass is 10.1. The highest BCUT2D eigenvalue weighted by Crippen LogP contribution is 2.33. The van der Waals surface area contributed by atoms with E-state index in [0.717, 1.165) is 11.3 Å². The Kier molecular flexibility index (Phi) is 3.90. The SMILES string of the molecule is CS(=O)(=O)N1CC[C@@H]2CN(C(=O)/C=C/c3cccs3)C[C@@H]21. The van der Waals surface area contributed by atoms with E-state index in [4.69, 9.17) is 0 Å². The highest BCUT2D eigenvalue weighted by molar-refractivity contribution is 7.88. The van der Waals surface area contributed by atoms with Gasteiger partial charge in [-0.05, 0) is 29.9 Å². The number of sulfonamides is 1. The van der Waals surface area contributed by atoms with Crippen molar-refractivity contribution < 1.29 is 13.2 Å². The molecule has 0 aliphatic carbocycles. The highest BCUT2D eigenvalue weighted by Gasteiger charge is 2.45. The number of carbonyl (C=O) groups excluding carboxylic acids is 1. The summed E-state index contributed by atoms with van der Waals surface area (Å²) in [7, 11) is -3.17. The van der Waals surface area contributed by atoms with Crippen LogP contribution in [0.5, 0.6) is 0 Å². The van der Waals surface area contributed by atoms with Crippen LogP contribution in [0.2, 0.25) is 0 Å². The van der Waals surface area contributed by atoms with E-state index in [-0.39, 0.29) is 17.9 Å². The van der Waals surface area contributed by atoms with Gasteiger partial charge in [0.25, 0.3) is 0 Å². The van der Waals surface area contributed by atoms with E-state index in [2.05, 4.69) is 0 Å². The highest BCUT2D eigenvalue weighted by atomic mass is 32.2. The van der Waals surface area contributed by atoms with Gasteiger partial charge in [-0.1, -0.05) is 6.07 Å². The molecule has 2 fully saturated rings. The molecule has 3 heterocycles. The molecule has 5 nitrogen and oxygen atoms in total. The molecule has 114 valence electrons. The molecule has 21 heavy (non-hydrogen) atoms. The number of amides is 1. The summed E-state index contributed by atoms with van der Waals surface area (Å²) in [4.78, 5) is 15.0. The standard InChI is InChI=1S/C14H18N2O3S2/c1-21(18,19)16-7-6-11-9-15(10-13(11)16)14(17)5-4-12-3-2-8-20-12/h2-5,8,11,13H,6-7,9-10H2,1H3/b5-4+/t11-,13+/m1/s1. The zero-order chi connectivity index (χ0) is 15.0. The quantitative estimate of drug-likeness (QED) is 0.786. The first-order chi connectivity index (χ1) is 9.95. The largest absolute Gasteiger partial charge is 0.337 e. The smallest absolute Gasteiger partial charge is 0.246 e. The number of thiophene rings is 1. The predicted molar refractivity (Wildman–Crippen MR) is 83.4 cm³/mol. The summed E-state index contributed by atoms with van der Waals surface area (Å²) in [5.41, 5.74) is 0. The second kappa shape index (κ2) is 5.55. The monoisotopic (exact) mass is 326 g/mol. The van der Waals surface area contributed by atoms with E-state index in [9.17, 15) is 13.2 Å². The Labute approximate surface area is 128 Å². The molecule has 0 aromatic carbocycles. The van der Waals surface area contributed by atoms with E-state index in [1.54, 1.807) is 26.6 Å². The molecule has 0 spiro atoms. The Morgan fingerprint density at radius 1 is 1.43 bits per heavy atom. The van der Waals surface area contributed by atoms with Crippen molar-refractivity contribution in [2.75, 3.05) is 25.9 Å². The molecule has 3 rings (SSSR count). The van der Waals surface area contributed by atoms with Gasteiger partial charge in [-0.25, -0.2) is 8.42 Å². The summed E-state index contributed by atoms with van der Waals surface area (Å²) in [5.74, 6) is 0.241. The number of rotatable bonds is 3.